The van der Waals surface area contributed by atoms with Gasteiger partial charge in [-0.1, -0.05) is 18.2 Å². The summed E-state index contributed by atoms with van der Waals surface area (Å²) in [7, 11) is 0. The Bertz CT molecular complexity index is 1000. The van der Waals surface area contributed by atoms with Crippen LogP contribution in [0.1, 0.15) is 17.0 Å². The summed E-state index contributed by atoms with van der Waals surface area (Å²) in [5.74, 6) is -0.878. The molecule has 0 saturated heterocycles. The Morgan fingerprint density at radius 1 is 1.04 bits per heavy atom. The molecule has 4 nitrogen and oxygen atoms in total. The number of thiazole rings is 1. The van der Waals surface area contributed by atoms with Gasteiger partial charge in [-0.15, -0.1) is 22.7 Å². The number of fused-ring (bicyclic) bond motifs is 1. The topological polar surface area (TPSA) is 68.9 Å². The molecule has 0 radical (unpaired) electrons. The third kappa shape index (κ3) is 2.50. The number of hydrogen-bond acceptors (Lipinski definition) is 5. The van der Waals surface area contributed by atoms with Crippen LogP contribution >= 0.6 is 22.7 Å². The minimum atomic E-state index is -0.513. The SMILES string of the molecule is NC(=O)C(c1ccsc1-c1nccs1)c1cccc2cnccc12. The molecule has 4 aromatic rings. The molecule has 0 aliphatic carbocycles. The summed E-state index contributed by atoms with van der Waals surface area (Å²) in [4.78, 5) is 21.9. The van der Waals surface area contributed by atoms with Crippen LogP contribution in [0, 0.1) is 0 Å². The average Bonchev–Trinajstić information content (AvgIpc) is 3.26. The Hall–Kier alpha value is -2.57. The van der Waals surface area contributed by atoms with Crippen LogP contribution in [0.15, 0.2) is 59.7 Å². The summed E-state index contributed by atoms with van der Waals surface area (Å²) < 4.78 is 0. The van der Waals surface area contributed by atoms with E-state index in [1.165, 1.54) is 0 Å². The minimum Gasteiger partial charge on any atom is -0.369 e. The van der Waals surface area contributed by atoms with Gasteiger partial charge in [0.25, 0.3) is 0 Å². The zero-order chi connectivity index (χ0) is 16.5. The molecule has 0 bridgehead atoms. The Balaban J connectivity index is 1.94. The number of thiophene rings is 1. The van der Waals surface area contributed by atoms with Crippen molar-refractivity contribution in [2.75, 3.05) is 0 Å². The van der Waals surface area contributed by atoms with Crippen LogP contribution < -0.4 is 5.73 Å². The second-order valence-electron chi connectivity index (χ2n) is 5.32. The molecule has 0 saturated carbocycles. The zero-order valence-electron chi connectivity index (χ0n) is 12.5. The van der Waals surface area contributed by atoms with E-state index in [0.29, 0.717) is 0 Å². The fraction of sp³-hybridized carbons (Fsp3) is 0.0556. The van der Waals surface area contributed by atoms with Crippen molar-refractivity contribution in [3.63, 3.8) is 0 Å². The molecule has 1 amide bonds. The van der Waals surface area contributed by atoms with Gasteiger partial charge in [0.2, 0.25) is 5.91 Å². The highest BCUT2D eigenvalue weighted by molar-refractivity contribution is 7.20. The number of hydrogen-bond donors (Lipinski definition) is 1. The van der Waals surface area contributed by atoms with Gasteiger partial charge in [0.05, 0.1) is 10.8 Å². The number of nitrogens with two attached hydrogens (primary N) is 1. The first kappa shape index (κ1) is 15.0. The van der Waals surface area contributed by atoms with Crippen molar-refractivity contribution < 1.29 is 4.79 Å². The number of carbonyl (C=O) groups excluding carboxylic acids is 1. The average molecular weight is 351 g/mol. The van der Waals surface area contributed by atoms with E-state index < -0.39 is 5.92 Å². The maximum Gasteiger partial charge on any atom is 0.229 e. The fourth-order valence-electron chi connectivity index (χ4n) is 2.93. The number of benzene rings is 1. The lowest BCUT2D eigenvalue weighted by Gasteiger charge is -2.16. The van der Waals surface area contributed by atoms with Gasteiger partial charge < -0.3 is 5.73 Å². The molecule has 3 heterocycles. The van der Waals surface area contributed by atoms with E-state index in [4.69, 9.17) is 5.73 Å². The Labute approximate surface area is 146 Å². The molecule has 1 aromatic carbocycles. The molecule has 0 aliphatic heterocycles. The summed E-state index contributed by atoms with van der Waals surface area (Å²) in [5, 5.41) is 6.81. The number of primary amides is 1. The van der Waals surface area contributed by atoms with E-state index in [0.717, 1.165) is 31.8 Å². The lowest BCUT2D eigenvalue weighted by atomic mass is 9.88. The first-order valence-electron chi connectivity index (χ1n) is 7.35. The highest BCUT2D eigenvalue weighted by Gasteiger charge is 2.26. The van der Waals surface area contributed by atoms with Crippen LogP contribution in [0.5, 0.6) is 0 Å². The van der Waals surface area contributed by atoms with Gasteiger partial charge in [-0.3, -0.25) is 9.78 Å². The highest BCUT2D eigenvalue weighted by atomic mass is 32.1. The van der Waals surface area contributed by atoms with Gasteiger partial charge in [-0.05, 0) is 34.0 Å². The maximum absolute atomic E-state index is 12.4. The number of carbonyl (C=O) groups is 1. The lowest BCUT2D eigenvalue weighted by molar-refractivity contribution is -0.118. The van der Waals surface area contributed by atoms with Gasteiger partial charge in [-0.2, -0.15) is 0 Å². The molecule has 1 unspecified atom stereocenters. The summed E-state index contributed by atoms with van der Waals surface area (Å²) in [6, 6.07) is 9.78. The largest absolute Gasteiger partial charge is 0.369 e. The lowest BCUT2D eigenvalue weighted by Crippen LogP contribution is -2.22. The second kappa shape index (κ2) is 6.14. The zero-order valence-corrected chi connectivity index (χ0v) is 14.2. The van der Waals surface area contributed by atoms with Crippen molar-refractivity contribution in [1.29, 1.82) is 0 Å². The second-order valence-corrected chi connectivity index (χ2v) is 7.13. The molecule has 3 aromatic heterocycles. The molecule has 1 atom stereocenters. The maximum atomic E-state index is 12.4. The summed E-state index contributed by atoms with van der Waals surface area (Å²) >= 11 is 3.14. The van der Waals surface area contributed by atoms with E-state index in [2.05, 4.69) is 9.97 Å². The molecule has 0 fully saturated rings. The number of rotatable bonds is 4. The van der Waals surface area contributed by atoms with Crippen molar-refractivity contribution in [3.8, 4) is 9.88 Å². The molecule has 24 heavy (non-hydrogen) atoms. The van der Waals surface area contributed by atoms with E-state index in [1.54, 1.807) is 41.3 Å². The predicted molar refractivity (Wildman–Crippen MR) is 98.2 cm³/mol. The molecular formula is C18H13N3OS2. The third-order valence-electron chi connectivity index (χ3n) is 3.94. The third-order valence-corrected chi connectivity index (χ3v) is 5.80. The molecular weight excluding hydrogens is 338 g/mol. The van der Waals surface area contributed by atoms with Gasteiger partial charge >= 0.3 is 0 Å². The summed E-state index contributed by atoms with van der Waals surface area (Å²) in [5.41, 5.74) is 7.62. The molecule has 2 N–H and O–H groups in total. The van der Waals surface area contributed by atoms with Gasteiger partial charge in [-0.25, -0.2) is 4.98 Å². The van der Waals surface area contributed by atoms with E-state index >= 15 is 0 Å². The fourth-order valence-corrected chi connectivity index (χ4v) is 4.64. The number of aromatic nitrogens is 2. The number of pyridine rings is 1. The highest BCUT2D eigenvalue weighted by Crippen LogP contribution is 2.39. The Morgan fingerprint density at radius 2 is 1.96 bits per heavy atom. The summed E-state index contributed by atoms with van der Waals surface area (Å²) in [6.45, 7) is 0. The molecule has 0 aliphatic rings. The van der Waals surface area contributed by atoms with Gasteiger partial charge in [0.15, 0.2) is 0 Å². The van der Waals surface area contributed by atoms with Crippen molar-refractivity contribution >= 4 is 39.4 Å². The smallest absolute Gasteiger partial charge is 0.229 e. The quantitative estimate of drug-likeness (QED) is 0.603. The Morgan fingerprint density at radius 3 is 2.75 bits per heavy atom. The van der Waals surface area contributed by atoms with Gasteiger partial charge in [0, 0.05) is 29.4 Å². The predicted octanol–water partition coefficient (Wildman–Crippen LogP) is 4.04. The minimum absolute atomic E-state index is 0.365. The summed E-state index contributed by atoms with van der Waals surface area (Å²) in [6.07, 6.45) is 5.30. The van der Waals surface area contributed by atoms with E-state index in [1.807, 2.05) is 41.1 Å². The van der Waals surface area contributed by atoms with Crippen molar-refractivity contribution in [1.82, 2.24) is 9.97 Å². The number of nitrogens with zero attached hydrogens (tertiary/aromatic N) is 2. The van der Waals surface area contributed by atoms with Crippen LogP contribution in [0.25, 0.3) is 20.7 Å². The standard InChI is InChI=1S/C18H13N3OS2/c19-17(22)15(13-3-1-2-11-10-20-6-4-12(11)13)14-5-8-23-16(14)18-21-7-9-24-18/h1-10,15H,(H2,19,22). The first-order valence-corrected chi connectivity index (χ1v) is 9.11. The van der Waals surface area contributed by atoms with E-state index in [9.17, 15) is 4.79 Å². The van der Waals surface area contributed by atoms with Crippen LogP contribution in [0.3, 0.4) is 0 Å². The molecule has 4 rings (SSSR count). The number of amides is 1. The Kier molecular flexibility index (Phi) is 3.84. The molecule has 0 spiro atoms. The van der Waals surface area contributed by atoms with Crippen LogP contribution in [-0.4, -0.2) is 15.9 Å². The normalized spacial score (nSPS) is 12.3. The first-order chi connectivity index (χ1) is 11.8. The van der Waals surface area contributed by atoms with Crippen molar-refractivity contribution in [2.45, 2.75) is 5.92 Å². The van der Waals surface area contributed by atoms with Crippen molar-refractivity contribution in [3.05, 3.63) is 70.8 Å². The monoisotopic (exact) mass is 351 g/mol. The van der Waals surface area contributed by atoms with E-state index in [-0.39, 0.29) is 5.91 Å². The van der Waals surface area contributed by atoms with Gasteiger partial charge in [0.1, 0.15) is 5.01 Å². The molecule has 6 heteroatoms. The molecule has 118 valence electrons. The van der Waals surface area contributed by atoms with Crippen molar-refractivity contribution in [2.24, 2.45) is 5.73 Å². The van der Waals surface area contributed by atoms with Crippen LogP contribution in [0.4, 0.5) is 0 Å². The van der Waals surface area contributed by atoms with Crippen LogP contribution in [0.2, 0.25) is 0 Å². The van der Waals surface area contributed by atoms with Crippen LogP contribution in [-0.2, 0) is 4.79 Å².